The second-order valence-electron chi connectivity index (χ2n) is 7.37. The zero-order chi connectivity index (χ0) is 25.6. The Labute approximate surface area is 201 Å². The van der Waals surface area contributed by atoms with Gasteiger partial charge in [0.15, 0.2) is 0 Å². The van der Waals surface area contributed by atoms with Crippen LogP contribution in [0.4, 0.5) is 17.1 Å². The lowest BCUT2D eigenvalue weighted by molar-refractivity contribution is -0.385. The predicted octanol–water partition coefficient (Wildman–Crippen LogP) is 3.09. The second kappa shape index (κ2) is 10.5. The fourth-order valence-electron chi connectivity index (χ4n) is 3.05. The number of amides is 2. The molecule has 0 saturated carbocycles. The summed E-state index contributed by atoms with van der Waals surface area (Å²) in [6.45, 7) is -0.222. The van der Waals surface area contributed by atoms with Crippen molar-refractivity contribution in [3.05, 3.63) is 94.0 Å². The highest BCUT2D eigenvalue weighted by Gasteiger charge is 2.19. The number of likely N-dealkylation sites (N-methyl/N-ethyl adjacent to an activating group) is 1. The first-order valence-corrected chi connectivity index (χ1v) is 11.6. The Morgan fingerprint density at radius 1 is 1.03 bits per heavy atom. The fraction of sp³-hybridized carbons (Fsp3) is 0.0833. The Kier molecular flexibility index (Phi) is 7.48. The third-order valence-corrected chi connectivity index (χ3v) is 6.14. The van der Waals surface area contributed by atoms with Gasteiger partial charge in [-0.15, -0.1) is 6.42 Å². The molecule has 0 aliphatic heterocycles. The quantitative estimate of drug-likeness (QED) is 0.281. The molecule has 0 unspecified atom stereocenters. The lowest BCUT2D eigenvalue weighted by atomic mass is 10.2. The molecular weight excluding hydrogens is 472 g/mol. The van der Waals surface area contributed by atoms with Gasteiger partial charge in [-0.1, -0.05) is 18.1 Å². The van der Waals surface area contributed by atoms with Crippen LogP contribution < -0.4 is 10.0 Å². The number of rotatable bonds is 8. The number of nitro groups is 1. The van der Waals surface area contributed by atoms with E-state index in [4.69, 9.17) is 6.42 Å². The minimum atomic E-state index is -4.08. The van der Waals surface area contributed by atoms with Crippen molar-refractivity contribution in [3.63, 3.8) is 0 Å². The SMILES string of the molecule is C#Cc1cccc(NC(=O)CN(C)C(=O)c2ccc(NS(=O)(=O)c3cccc([N+](=O)[O-])c3)cc2)c1. The number of nitro benzene ring substituents is 1. The molecule has 0 bridgehead atoms. The summed E-state index contributed by atoms with van der Waals surface area (Å²) in [4.78, 5) is 36.1. The number of hydrogen-bond donors (Lipinski definition) is 2. The minimum Gasteiger partial charge on any atom is -0.332 e. The van der Waals surface area contributed by atoms with Gasteiger partial charge in [0.2, 0.25) is 5.91 Å². The third-order valence-electron chi connectivity index (χ3n) is 4.76. The summed E-state index contributed by atoms with van der Waals surface area (Å²) in [5.74, 6) is 1.60. The molecule has 0 saturated heterocycles. The second-order valence-corrected chi connectivity index (χ2v) is 9.05. The van der Waals surface area contributed by atoms with E-state index in [-0.39, 0.29) is 28.4 Å². The lowest BCUT2D eigenvalue weighted by Gasteiger charge is -2.17. The van der Waals surface area contributed by atoms with Crippen LogP contribution in [0.5, 0.6) is 0 Å². The molecule has 0 aliphatic carbocycles. The molecule has 2 N–H and O–H groups in total. The Morgan fingerprint density at radius 2 is 1.71 bits per heavy atom. The van der Waals surface area contributed by atoms with Crippen molar-refractivity contribution in [2.75, 3.05) is 23.6 Å². The summed E-state index contributed by atoms with van der Waals surface area (Å²) in [6.07, 6.45) is 5.35. The summed E-state index contributed by atoms with van der Waals surface area (Å²) in [5.41, 5.74) is 1.14. The molecule has 3 aromatic rings. The van der Waals surface area contributed by atoms with Crippen molar-refractivity contribution in [3.8, 4) is 12.3 Å². The first-order chi connectivity index (χ1) is 16.6. The van der Waals surface area contributed by atoms with Crippen LogP contribution in [0.3, 0.4) is 0 Å². The zero-order valence-electron chi connectivity index (χ0n) is 18.5. The van der Waals surface area contributed by atoms with Crippen LogP contribution in [0.15, 0.2) is 77.7 Å². The zero-order valence-corrected chi connectivity index (χ0v) is 19.3. The van der Waals surface area contributed by atoms with E-state index in [0.717, 1.165) is 6.07 Å². The summed E-state index contributed by atoms with van der Waals surface area (Å²) >= 11 is 0. The van der Waals surface area contributed by atoms with Gasteiger partial charge in [0.25, 0.3) is 21.6 Å². The molecule has 2 amide bonds. The maximum atomic E-state index is 12.7. The van der Waals surface area contributed by atoms with Gasteiger partial charge in [-0.05, 0) is 48.5 Å². The Morgan fingerprint density at radius 3 is 2.37 bits per heavy atom. The molecule has 10 nitrogen and oxygen atoms in total. The van der Waals surface area contributed by atoms with Crippen molar-refractivity contribution in [2.45, 2.75) is 4.90 Å². The molecular formula is C24H20N4O6S. The Hall–Kier alpha value is -4.69. The van der Waals surface area contributed by atoms with E-state index in [1.807, 2.05) is 0 Å². The van der Waals surface area contributed by atoms with E-state index in [9.17, 15) is 28.1 Å². The molecule has 0 aromatic heterocycles. The largest absolute Gasteiger partial charge is 0.332 e. The lowest BCUT2D eigenvalue weighted by Crippen LogP contribution is -2.34. The summed E-state index contributed by atoms with van der Waals surface area (Å²) in [6, 6.07) is 16.9. The van der Waals surface area contributed by atoms with Crippen LogP contribution in [0, 0.1) is 22.5 Å². The summed E-state index contributed by atoms with van der Waals surface area (Å²) in [7, 11) is -2.63. The topological polar surface area (TPSA) is 139 Å². The predicted molar refractivity (Wildman–Crippen MR) is 130 cm³/mol. The van der Waals surface area contributed by atoms with Gasteiger partial charge in [0, 0.05) is 41.7 Å². The van der Waals surface area contributed by atoms with Crippen LogP contribution in [0.25, 0.3) is 0 Å². The summed E-state index contributed by atoms with van der Waals surface area (Å²) < 4.78 is 27.4. The maximum absolute atomic E-state index is 12.7. The number of carbonyl (C=O) groups is 2. The normalized spacial score (nSPS) is 10.6. The number of nitrogens with zero attached hydrogens (tertiary/aromatic N) is 2. The molecule has 0 spiro atoms. The van der Waals surface area contributed by atoms with Gasteiger partial charge < -0.3 is 10.2 Å². The van der Waals surface area contributed by atoms with Crippen LogP contribution in [-0.2, 0) is 14.8 Å². The van der Waals surface area contributed by atoms with Gasteiger partial charge in [0.05, 0.1) is 16.4 Å². The Balaban J connectivity index is 1.63. The van der Waals surface area contributed by atoms with Gasteiger partial charge in [-0.25, -0.2) is 8.42 Å². The highest BCUT2D eigenvalue weighted by Crippen LogP contribution is 2.21. The molecule has 3 rings (SSSR count). The van der Waals surface area contributed by atoms with E-state index >= 15 is 0 Å². The average Bonchev–Trinajstić information content (AvgIpc) is 2.84. The first-order valence-electron chi connectivity index (χ1n) is 10.1. The molecule has 35 heavy (non-hydrogen) atoms. The van der Waals surface area contributed by atoms with Crippen LogP contribution in [0.1, 0.15) is 15.9 Å². The number of non-ortho nitro benzene ring substituents is 1. The van der Waals surface area contributed by atoms with Gasteiger partial charge >= 0.3 is 0 Å². The van der Waals surface area contributed by atoms with Crippen molar-refractivity contribution in [2.24, 2.45) is 0 Å². The Bertz CT molecular complexity index is 1430. The van der Waals surface area contributed by atoms with Crippen LogP contribution in [0.2, 0.25) is 0 Å². The number of nitrogens with one attached hydrogen (secondary N) is 2. The fourth-order valence-corrected chi connectivity index (χ4v) is 4.15. The molecule has 0 radical (unpaired) electrons. The van der Waals surface area contributed by atoms with Crippen molar-refractivity contribution in [1.29, 1.82) is 0 Å². The maximum Gasteiger partial charge on any atom is 0.270 e. The smallest absolute Gasteiger partial charge is 0.270 e. The monoisotopic (exact) mass is 492 g/mol. The average molecular weight is 493 g/mol. The number of anilines is 2. The standard InChI is InChI=1S/C24H20N4O6S/c1-3-17-6-4-7-20(14-17)25-23(29)16-27(2)24(30)18-10-12-19(13-11-18)26-35(33,34)22-9-5-8-21(15-22)28(31)32/h1,4-15,26H,16H2,2H3,(H,25,29). The molecule has 178 valence electrons. The van der Waals surface area contributed by atoms with Crippen molar-refractivity contribution >= 4 is 38.9 Å². The number of benzene rings is 3. The van der Waals surface area contributed by atoms with Crippen LogP contribution >= 0.6 is 0 Å². The van der Waals surface area contributed by atoms with E-state index < -0.39 is 26.8 Å². The van der Waals surface area contributed by atoms with Gasteiger partial charge in [-0.2, -0.15) is 0 Å². The van der Waals surface area contributed by atoms with E-state index in [1.165, 1.54) is 54.4 Å². The van der Waals surface area contributed by atoms with Gasteiger partial charge in [0.1, 0.15) is 0 Å². The van der Waals surface area contributed by atoms with Crippen LogP contribution in [-0.4, -0.2) is 43.6 Å². The highest BCUT2D eigenvalue weighted by atomic mass is 32.2. The van der Waals surface area contributed by atoms with Gasteiger partial charge in [-0.3, -0.25) is 24.4 Å². The van der Waals surface area contributed by atoms with Crippen molar-refractivity contribution in [1.82, 2.24) is 4.90 Å². The molecule has 0 atom stereocenters. The van der Waals surface area contributed by atoms with E-state index in [1.54, 1.807) is 24.3 Å². The number of carbonyl (C=O) groups excluding carboxylic acids is 2. The van der Waals surface area contributed by atoms with Crippen molar-refractivity contribution < 1.29 is 22.9 Å². The summed E-state index contributed by atoms with van der Waals surface area (Å²) in [5, 5.41) is 13.6. The number of terminal acetylenes is 1. The molecule has 0 fully saturated rings. The molecule has 11 heteroatoms. The number of sulfonamides is 1. The number of hydrogen-bond acceptors (Lipinski definition) is 6. The third kappa shape index (κ3) is 6.43. The molecule has 3 aromatic carbocycles. The molecule has 0 heterocycles. The minimum absolute atomic E-state index is 0.154. The first kappa shape index (κ1) is 24.9. The molecule has 0 aliphatic rings. The van der Waals surface area contributed by atoms with E-state index in [2.05, 4.69) is 16.0 Å². The highest BCUT2D eigenvalue weighted by molar-refractivity contribution is 7.92. The van der Waals surface area contributed by atoms with E-state index in [0.29, 0.717) is 11.3 Å².